The van der Waals surface area contributed by atoms with Gasteiger partial charge in [-0.15, -0.1) is 0 Å². The van der Waals surface area contributed by atoms with Crippen molar-refractivity contribution in [3.05, 3.63) is 17.8 Å². The number of aromatic nitrogens is 1. The van der Waals surface area contributed by atoms with Crippen molar-refractivity contribution in [1.82, 2.24) is 20.1 Å². The lowest BCUT2D eigenvalue weighted by Gasteiger charge is -2.41. The summed E-state index contributed by atoms with van der Waals surface area (Å²) in [7, 11) is 1.86. The summed E-state index contributed by atoms with van der Waals surface area (Å²) in [5, 5.41) is 3.43. The van der Waals surface area contributed by atoms with E-state index >= 15 is 0 Å². The molecular weight excluding hydrogens is 338 g/mol. The van der Waals surface area contributed by atoms with Crippen LogP contribution in [0.15, 0.2) is 15.6 Å². The van der Waals surface area contributed by atoms with E-state index in [4.69, 9.17) is 4.42 Å². The van der Waals surface area contributed by atoms with E-state index in [1.807, 2.05) is 13.2 Å². The van der Waals surface area contributed by atoms with Gasteiger partial charge in [0.1, 0.15) is 5.76 Å². The molecule has 2 aliphatic carbocycles. The molecule has 3 unspecified atom stereocenters. The van der Waals surface area contributed by atoms with Gasteiger partial charge < -0.3 is 14.6 Å². The van der Waals surface area contributed by atoms with Crippen LogP contribution in [0.3, 0.4) is 0 Å². The SMILES string of the molecule is CN=C(NCc1ncc(C(C)(C)C)o1)N1CCN(C2CC3CCC2C3)CC1. The predicted molar refractivity (Wildman–Crippen MR) is 108 cm³/mol. The molecule has 0 radical (unpaired) electrons. The van der Waals surface area contributed by atoms with Crippen molar-refractivity contribution in [3.63, 3.8) is 0 Å². The second kappa shape index (κ2) is 7.46. The highest BCUT2D eigenvalue weighted by atomic mass is 16.4. The maximum Gasteiger partial charge on any atom is 0.213 e. The molecule has 27 heavy (non-hydrogen) atoms. The molecular formula is C21H35N5O. The van der Waals surface area contributed by atoms with Crippen molar-refractivity contribution in [1.29, 1.82) is 0 Å². The third-order valence-electron chi connectivity index (χ3n) is 6.69. The molecule has 3 aliphatic rings. The van der Waals surface area contributed by atoms with E-state index in [9.17, 15) is 0 Å². The van der Waals surface area contributed by atoms with E-state index in [0.717, 1.165) is 61.7 Å². The lowest BCUT2D eigenvalue weighted by molar-refractivity contribution is 0.0957. The molecule has 6 heteroatoms. The average Bonchev–Trinajstić information content (AvgIpc) is 3.39. The van der Waals surface area contributed by atoms with Crippen LogP contribution in [-0.2, 0) is 12.0 Å². The summed E-state index contributed by atoms with van der Waals surface area (Å²) in [6, 6.07) is 0.851. The van der Waals surface area contributed by atoms with Gasteiger partial charge in [-0.2, -0.15) is 0 Å². The third-order valence-corrected chi connectivity index (χ3v) is 6.69. The minimum absolute atomic E-state index is 0.0110. The minimum atomic E-state index is -0.0110. The smallest absolute Gasteiger partial charge is 0.213 e. The Kier molecular flexibility index (Phi) is 5.19. The molecule has 0 spiro atoms. The van der Waals surface area contributed by atoms with E-state index in [-0.39, 0.29) is 5.41 Å². The van der Waals surface area contributed by atoms with Crippen LogP contribution >= 0.6 is 0 Å². The molecule has 1 N–H and O–H groups in total. The fraction of sp³-hybridized carbons (Fsp3) is 0.810. The number of nitrogens with one attached hydrogen (secondary N) is 1. The van der Waals surface area contributed by atoms with Gasteiger partial charge in [-0.3, -0.25) is 9.89 Å². The molecule has 1 aromatic rings. The van der Waals surface area contributed by atoms with Crippen molar-refractivity contribution in [2.75, 3.05) is 33.2 Å². The molecule has 150 valence electrons. The van der Waals surface area contributed by atoms with Crippen molar-refractivity contribution >= 4 is 5.96 Å². The molecule has 3 fully saturated rings. The monoisotopic (exact) mass is 373 g/mol. The quantitative estimate of drug-likeness (QED) is 0.652. The highest BCUT2D eigenvalue weighted by molar-refractivity contribution is 5.79. The molecule has 2 bridgehead atoms. The molecule has 1 saturated heterocycles. The first kappa shape index (κ1) is 18.8. The maximum absolute atomic E-state index is 5.89. The van der Waals surface area contributed by atoms with Crippen molar-refractivity contribution in [2.45, 2.75) is 64.5 Å². The third kappa shape index (κ3) is 4.00. The van der Waals surface area contributed by atoms with Crippen LogP contribution in [0.5, 0.6) is 0 Å². The summed E-state index contributed by atoms with van der Waals surface area (Å²) in [6.45, 7) is 11.4. The predicted octanol–water partition coefficient (Wildman–Crippen LogP) is 2.85. The molecule has 6 nitrogen and oxygen atoms in total. The molecule has 0 aromatic carbocycles. The Morgan fingerprint density at radius 1 is 1.22 bits per heavy atom. The van der Waals surface area contributed by atoms with E-state index < -0.39 is 0 Å². The lowest BCUT2D eigenvalue weighted by atomic mass is 9.93. The van der Waals surface area contributed by atoms with Gasteiger partial charge in [-0.25, -0.2) is 4.98 Å². The topological polar surface area (TPSA) is 56.9 Å². The summed E-state index contributed by atoms with van der Waals surface area (Å²) in [5.74, 6) is 4.60. The summed E-state index contributed by atoms with van der Waals surface area (Å²) < 4.78 is 5.89. The van der Waals surface area contributed by atoms with Gasteiger partial charge in [0.2, 0.25) is 5.89 Å². The fourth-order valence-corrected chi connectivity index (χ4v) is 5.15. The van der Waals surface area contributed by atoms with E-state index in [1.54, 1.807) is 0 Å². The van der Waals surface area contributed by atoms with Crippen LogP contribution in [0.25, 0.3) is 0 Å². The van der Waals surface area contributed by atoms with Gasteiger partial charge in [-0.05, 0) is 31.1 Å². The zero-order chi connectivity index (χ0) is 19.0. The largest absolute Gasteiger partial charge is 0.443 e. The van der Waals surface area contributed by atoms with Crippen molar-refractivity contribution in [3.8, 4) is 0 Å². The van der Waals surface area contributed by atoms with Crippen LogP contribution < -0.4 is 5.32 Å². The van der Waals surface area contributed by atoms with Gasteiger partial charge in [0, 0.05) is 44.7 Å². The second-order valence-electron chi connectivity index (χ2n) is 9.53. The Bertz CT molecular complexity index is 668. The van der Waals surface area contributed by atoms with E-state index in [0.29, 0.717) is 6.54 Å². The molecule has 2 heterocycles. The number of rotatable bonds is 3. The standard InChI is InChI=1S/C21H35N5O/c1-21(2,3)18-13-23-19(27-18)14-24-20(22-4)26-9-7-25(8-10-26)17-12-15-5-6-16(17)11-15/h13,15-17H,5-12,14H2,1-4H3,(H,22,24). The summed E-state index contributed by atoms with van der Waals surface area (Å²) >= 11 is 0. The van der Waals surface area contributed by atoms with E-state index in [1.165, 1.54) is 25.7 Å². The first-order valence-corrected chi connectivity index (χ1v) is 10.6. The fourth-order valence-electron chi connectivity index (χ4n) is 5.15. The number of hydrogen-bond donors (Lipinski definition) is 1. The zero-order valence-corrected chi connectivity index (χ0v) is 17.4. The Balaban J connectivity index is 1.27. The summed E-state index contributed by atoms with van der Waals surface area (Å²) in [5.41, 5.74) is -0.0110. The Morgan fingerprint density at radius 2 is 2.00 bits per heavy atom. The average molecular weight is 374 g/mol. The first-order chi connectivity index (χ1) is 12.9. The number of nitrogens with zero attached hydrogens (tertiary/aromatic N) is 4. The number of aliphatic imine (C=N–C) groups is 1. The number of guanidine groups is 1. The normalized spacial score (nSPS) is 29.6. The van der Waals surface area contributed by atoms with Gasteiger partial charge in [0.25, 0.3) is 0 Å². The molecule has 2 saturated carbocycles. The molecule has 4 rings (SSSR count). The Morgan fingerprint density at radius 3 is 2.56 bits per heavy atom. The van der Waals surface area contributed by atoms with Crippen LogP contribution in [0.2, 0.25) is 0 Å². The number of fused-ring (bicyclic) bond motifs is 2. The highest BCUT2D eigenvalue weighted by Crippen LogP contribution is 2.46. The molecule has 0 amide bonds. The number of oxazole rings is 1. The van der Waals surface area contributed by atoms with Crippen LogP contribution in [-0.4, -0.2) is 60.0 Å². The summed E-state index contributed by atoms with van der Waals surface area (Å²) in [6.07, 6.45) is 7.72. The number of hydrogen-bond acceptors (Lipinski definition) is 4. The second-order valence-corrected chi connectivity index (χ2v) is 9.53. The van der Waals surface area contributed by atoms with Gasteiger partial charge in [0.15, 0.2) is 5.96 Å². The maximum atomic E-state index is 5.89. The van der Waals surface area contributed by atoms with Crippen LogP contribution in [0, 0.1) is 11.8 Å². The minimum Gasteiger partial charge on any atom is -0.443 e. The Hall–Kier alpha value is -1.56. The van der Waals surface area contributed by atoms with E-state index in [2.05, 4.69) is 45.9 Å². The molecule has 1 aliphatic heterocycles. The van der Waals surface area contributed by atoms with Gasteiger partial charge >= 0.3 is 0 Å². The van der Waals surface area contributed by atoms with Crippen molar-refractivity contribution < 1.29 is 4.42 Å². The van der Waals surface area contributed by atoms with Gasteiger partial charge in [0.05, 0.1) is 12.7 Å². The first-order valence-electron chi connectivity index (χ1n) is 10.6. The van der Waals surface area contributed by atoms with Crippen LogP contribution in [0.1, 0.15) is 58.1 Å². The number of piperazine rings is 1. The van der Waals surface area contributed by atoms with Crippen LogP contribution in [0.4, 0.5) is 0 Å². The van der Waals surface area contributed by atoms with Crippen molar-refractivity contribution in [2.24, 2.45) is 16.8 Å². The highest BCUT2D eigenvalue weighted by Gasteiger charge is 2.42. The molecule has 3 atom stereocenters. The Labute approximate surface area is 163 Å². The zero-order valence-electron chi connectivity index (χ0n) is 17.4. The van der Waals surface area contributed by atoms with Gasteiger partial charge in [-0.1, -0.05) is 27.2 Å². The lowest BCUT2D eigenvalue weighted by Crippen LogP contribution is -2.55. The molecule has 1 aromatic heterocycles. The summed E-state index contributed by atoms with van der Waals surface area (Å²) in [4.78, 5) is 14.0.